The quantitative estimate of drug-likeness (QED) is 0.335. The second kappa shape index (κ2) is 10.2. The number of aliphatic carboxylic acids is 1. The van der Waals surface area contributed by atoms with E-state index in [1.54, 1.807) is 6.20 Å². The summed E-state index contributed by atoms with van der Waals surface area (Å²) in [5, 5.41) is 20.1. The molecule has 4 aromatic rings. The second-order valence-corrected chi connectivity index (χ2v) is 8.19. The van der Waals surface area contributed by atoms with Crippen LogP contribution in [-0.2, 0) is 11.2 Å². The molecule has 2 heterocycles. The van der Waals surface area contributed by atoms with E-state index in [0.717, 1.165) is 27.9 Å². The molecule has 0 aliphatic carbocycles. The van der Waals surface area contributed by atoms with Gasteiger partial charge in [0.05, 0.1) is 0 Å². The van der Waals surface area contributed by atoms with E-state index < -0.39 is 12.0 Å². The molecule has 8 heteroatoms. The fourth-order valence-electron chi connectivity index (χ4n) is 4.09. The number of rotatable bonds is 9. The van der Waals surface area contributed by atoms with Gasteiger partial charge in [0.25, 0.3) is 0 Å². The number of benzene rings is 2. The average molecular weight is 457 g/mol. The van der Waals surface area contributed by atoms with E-state index in [-0.39, 0.29) is 24.1 Å². The molecule has 1 unspecified atom stereocenters. The van der Waals surface area contributed by atoms with E-state index >= 15 is 0 Å². The summed E-state index contributed by atoms with van der Waals surface area (Å²) < 4.78 is 5.47. The number of carboxylic acid groups (broad SMARTS) is 1. The molecule has 0 fully saturated rings. The zero-order valence-corrected chi connectivity index (χ0v) is 18.9. The number of carbonyl (C=O) groups is 1. The third-order valence-corrected chi connectivity index (χ3v) is 5.78. The standard InChI is InChI=1S/C26H24N4O4/c1-16-5-3-4-6-21(16)22(14-23(30-33)20-11-12-27-17(2)13-20)18-7-9-19(10-8-18)26-29-28-24(34-26)15-25(31)32/h3-13,22-23H,14-15H2,1-2H3,(H,31,32)/t22-,23?/m1/s1. The fourth-order valence-corrected chi connectivity index (χ4v) is 4.09. The Bertz CT molecular complexity index is 1300. The van der Waals surface area contributed by atoms with Crippen LogP contribution in [0.1, 0.15) is 52.2 Å². The molecule has 0 aliphatic heterocycles. The molecule has 0 saturated carbocycles. The molecule has 2 aromatic heterocycles. The summed E-state index contributed by atoms with van der Waals surface area (Å²) in [6, 6.07) is 19.0. The zero-order chi connectivity index (χ0) is 24.1. The summed E-state index contributed by atoms with van der Waals surface area (Å²) in [7, 11) is 0. The lowest BCUT2D eigenvalue weighted by Gasteiger charge is -2.23. The largest absolute Gasteiger partial charge is 0.481 e. The van der Waals surface area contributed by atoms with Gasteiger partial charge in [-0.2, -0.15) is 4.91 Å². The molecule has 1 N–H and O–H groups in total. The summed E-state index contributed by atoms with van der Waals surface area (Å²) in [5.74, 6) is -0.794. The first kappa shape index (κ1) is 23.0. The Labute approximate surface area is 196 Å². The highest BCUT2D eigenvalue weighted by molar-refractivity contribution is 5.68. The van der Waals surface area contributed by atoms with Crippen molar-refractivity contribution >= 4 is 5.97 Å². The predicted molar refractivity (Wildman–Crippen MR) is 126 cm³/mol. The van der Waals surface area contributed by atoms with Gasteiger partial charge >= 0.3 is 5.97 Å². The number of hydrogen-bond donors (Lipinski definition) is 1. The van der Waals surface area contributed by atoms with Crippen LogP contribution in [0.15, 0.2) is 76.5 Å². The van der Waals surface area contributed by atoms with Gasteiger partial charge in [0.15, 0.2) is 0 Å². The molecular formula is C26H24N4O4. The first-order valence-electron chi connectivity index (χ1n) is 10.9. The van der Waals surface area contributed by atoms with Crippen LogP contribution < -0.4 is 0 Å². The first-order valence-corrected chi connectivity index (χ1v) is 10.9. The number of hydrogen-bond acceptors (Lipinski definition) is 7. The molecular weight excluding hydrogens is 432 g/mol. The summed E-state index contributed by atoms with van der Waals surface area (Å²) in [6.07, 6.45) is 1.87. The monoisotopic (exact) mass is 456 g/mol. The lowest BCUT2D eigenvalue weighted by Crippen LogP contribution is -2.09. The minimum Gasteiger partial charge on any atom is -0.481 e. The molecule has 0 saturated heterocycles. The molecule has 34 heavy (non-hydrogen) atoms. The highest BCUT2D eigenvalue weighted by atomic mass is 16.4. The Balaban J connectivity index is 1.67. The third-order valence-electron chi connectivity index (χ3n) is 5.78. The Morgan fingerprint density at radius 3 is 2.47 bits per heavy atom. The van der Waals surface area contributed by atoms with Crippen molar-refractivity contribution in [1.82, 2.24) is 15.2 Å². The second-order valence-electron chi connectivity index (χ2n) is 8.19. The molecule has 2 aromatic carbocycles. The van der Waals surface area contributed by atoms with Crippen molar-refractivity contribution in [3.05, 3.63) is 106 Å². The highest BCUT2D eigenvalue weighted by Gasteiger charge is 2.24. The molecule has 2 atom stereocenters. The van der Waals surface area contributed by atoms with Gasteiger partial charge in [0.2, 0.25) is 11.8 Å². The van der Waals surface area contributed by atoms with Gasteiger partial charge in [-0.15, -0.1) is 10.2 Å². The topological polar surface area (TPSA) is 119 Å². The highest BCUT2D eigenvalue weighted by Crippen LogP contribution is 2.37. The molecule has 4 rings (SSSR count). The van der Waals surface area contributed by atoms with Gasteiger partial charge in [-0.3, -0.25) is 9.78 Å². The summed E-state index contributed by atoms with van der Waals surface area (Å²) >= 11 is 0. The smallest absolute Gasteiger partial charge is 0.312 e. The van der Waals surface area contributed by atoms with Gasteiger partial charge in [0.1, 0.15) is 12.5 Å². The number of carboxylic acids is 1. The van der Waals surface area contributed by atoms with Gasteiger partial charge in [-0.05, 0) is 66.8 Å². The van der Waals surface area contributed by atoms with Crippen LogP contribution in [0.2, 0.25) is 0 Å². The maximum absolute atomic E-state index is 11.9. The summed E-state index contributed by atoms with van der Waals surface area (Å²) in [6.45, 7) is 3.95. The van der Waals surface area contributed by atoms with Crippen molar-refractivity contribution in [2.45, 2.75) is 38.6 Å². The van der Waals surface area contributed by atoms with Gasteiger partial charge in [0, 0.05) is 23.4 Å². The summed E-state index contributed by atoms with van der Waals surface area (Å²) in [4.78, 5) is 27.0. The van der Waals surface area contributed by atoms with E-state index in [1.807, 2.05) is 55.5 Å². The molecule has 8 nitrogen and oxygen atoms in total. The van der Waals surface area contributed by atoms with E-state index in [9.17, 15) is 9.70 Å². The van der Waals surface area contributed by atoms with Crippen molar-refractivity contribution in [3.8, 4) is 11.5 Å². The lowest BCUT2D eigenvalue weighted by molar-refractivity contribution is -0.136. The maximum atomic E-state index is 11.9. The molecule has 0 aliphatic rings. The normalized spacial score (nSPS) is 12.8. The van der Waals surface area contributed by atoms with Crippen molar-refractivity contribution in [3.63, 3.8) is 0 Å². The van der Waals surface area contributed by atoms with Crippen LogP contribution in [0.4, 0.5) is 0 Å². The van der Waals surface area contributed by atoms with E-state index in [4.69, 9.17) is 9.52 Å². The number of aromatic nitrogens is 3. The fraction of sp³-hybridized carbons (Fsp3) is 0.231. The van der Waals surface area contributed by atoms with Gasteiger partial charge in [-0.25, -0.2) is 0 Å². The number of aryl methyl sites for hydroxylation is 2. The van der Waals surface area contributed by atoms with Crippen LogP contribution in [0.3, 0.4) is 0 Å². The lowest BCUT2D eigenvalue weighted by atomic mass is 9.82. The van der Waals surface area contributed by atoms with E-state index in [2.05, 4.69) is 39.4 Å². The number of nitrogens with zero attached hydrogens (tertiary/aromatic N) is 4. The van der Waals surface area contributed by atoms with Crippen LogP contribution in [0.5, 0.6) is 0 Å². The predicted octanol–water partition coefficient (Wildman–Crippen LogP) is 5.41. The zero-order valence-electron chi connectivity index (χ0n) is 18.9. The SMILES string of the molecule is Cc1cc(C(C[C@H](c2ccc(-c3nnc(CC(=O)O)o3)cc2)c2ccccc2C)N=O)ccn1. The third kappa shape index (κ3) is 5.23. The van der Waals surface area contributed by atoms with Gasteiger partial charge in [-0.1, -0.05) is 41.6 Å². The Morgan fingerprint density at radius 1 is 1.03 bits per heavy atom. The van der Waals surface area contributed by atoms with Crippen LogP contribution in [0.25, 0.3) is 11.5 Å². The Morgan fingerprint density at radius 2 is 1.79 bits per heavy atom. The van der Waals surface area contributed by atoms with Crippen molar-refractivity contribution in [2.75, 3.05) is 0 Å². The first-order chi connectivity index (χ1) is 16.4. The number of pyridine rings is 1. The minimum absolute atomic E-state index is 0.0527. The van der Waals surface area contributed by atoms with Gasteiger partial charge < -0.3 is 9.52 Å². The molecule has 172 valence electrons. The van der Waals surface area contributed by atoms with Crippen LogP contribution >= 0.6 is 0 Å². The molecule has 0 radical (unpaired) electrons. The Hall–Kier alpha value is -4.20. The van der Waals surface area contributed by atoms with E-state index in [1.165, 1.54) is 0 Å². The Kier molecular flexibility index (Phi) is 6.87. The molecule has 0 spiro atoms. The van der Waals surface area contributed by atoms with E-state index in [0.29, 0.717) is 12.0 Å². The van der Waals surface area contributed by atoms with Crippen LogP contribution in [-0.4, -0.2) is 26.3 Å². The van der Waals surface area contributed by atoms with Crippen molar-refractivity contribution in [1.29, 1.82) is 0 Å². The maximum Gasteiger partial charge on any atom is 0.312 e. The summed E-state index contributed by atoms with van der Waals surface area (Å²) in [5.41, 5.74) is 5.63. The van der Waals surface area contributed by atoms with Crippen molar-refractivity contribution < 1.29 is 14.3 Å². The van der Waals surface area contributed by atoms with Crippen molar-refractivity contribution in [2.24, 2.45) is 5.18 Å². The molecule has 0 amide bonds. The molecule has 0 bridgehead atoms. The average Bonchev–Trinajstić information content (AvgIpc) is 3.28. The minimum atomic E-state index is -1.03. The number of nitroso groups, excluding NO2 is 1. The van der Waals surface area contributed by atoms with Crippen LogP contribution in [0, 0.1) is 18.8 Å².